The first-order chi connectivity index (χ1) is 13.3. The van der Waals surface area contributed by atoms with Gasteiger partial charge in [-0.3, -0.25) is 9.59 Å². The lowest BCUT2D eigenvalue weighted by molar-refractivity contribution is -0.116. The molecule has 1 aromatic carbocycles. The van der Waals surface area contributed by atoms with E-state index in [4.69, 9.17) is 27.9 Å². The highest BCUT2D eigenvalue weighted by atomic mass is 35.5. The number of ether oxygens (including phenoxy) is 1. The Morgan fingerprint density at radius 1 is 1.14 bits per heavy atom. The van der Waals surface area contributed by atoms with Crippen LogP contribution >= 0.6 is 34.5 Å². The molecule has 2 rings (SSSR count). The fraction of sp³-hybridized carbons (Fsp3) is 0.316. The van der Waals surface area contributed by atoms with E-state index in [1.54, 1.807) is 32.0 Å². The van der Waals surface area contributed by atoms with Crippen LogP contribution in [0.15, 0.2) is 18.2 Å². The SMILES string of the molecule is CCCC(=O)Nc1sc(C(=O)Nc2cccc(Cl)c2Cl)c(C)c1C(=O)OCC. The highest BCUT2D eigenvalue weighted by Gasteiger charge is 2.27. The van der Waals surface area contributed by atoms with Crippen molar-refractivity contribution >= 4 is 63.0 Å². The van der Waals surface area contributed by atoms with Crippen molar-refractivity contribution in [2.24, 2.45) is 0 Å². The molecule has 2 amide bonds. The Hall–Kier alpha value is -2.09. The minimum atomic E-state index is -0.595. The number of carbonyl (C=O) groups excluding carboxylic acids is 3. The maximum Gasteiger partial charge on any atom is 0.341 e. The Bertz CT molecular complexity index is 912. The van der Waals surface area contributed by atoms with E-state index in [9.17, 15) is 14.4 Å². The van der Waals surface area contributed by atoms with Crippen LogP contribution in [0.1, 0.15) is 52.3 Å². The molecule has 2 aromatic rings. The lowest BCUT2D eigenvalue weighted by Crippen LogP contribution is -2.14. The number of thiophene rings is 1. The summed E-state index contributed by atoms with van der Waals surface area (Å²) in [5, 5.41) is 6.20. The number of anilines is 2. The number of carbonyl (C=O) groups is 3. The first-order valence-corrected chi connectivity index (χ1v) is 10.2. The first-order valence-electron chi connectivity index (χ1n) is 8.65. The van der Waals surface area contributed by atoms with Crippen molar-refractivity contribution in [3.8, 4) is 0 Å². The zero-order valence-electron chi connectivity index (χ0n) is 15.7. The summed E-state index contributed by atoms with van der Waals surface area (Å²) in [6, 6.07) is 4.88. The molecule has 150 valence electrons. The van der Waals surface area contributed by atoms with Gasteiger partial charge in [0, 0.05) is 6.42 Å². The number of hydrogen-bond donors (Lipinski definition) is 2. The third-order valence-corrected chi connectivity index (χ3v) is 5.79. The van der Waals surface area contributed by atoms with Crippen LogP contribution < -0.4 is 10.6 Å². The Balaban J connectivity index is 2.40. The average Bonchev–Trinajstić information content (AvgIpc) is 2.95. The quantitative estimate of drug-likeness (QED) is 0.551. The third-order valence-electron chi connectivity index (χ3n) is 3.76. The van der Waals surface area contributed by atoms with Gasteiger partial charge in [-0.15, -0.1) is 11.3 Å². The molecule has 0 bridgehead atoms. The number of esters is 1. The molecule has 0 saturated carbocycles. The second kappa shape index (κ2) is 9.91. The summed E-state index contributed by atoms with van der Waals surface area (Å²) in [6.45, 7) is 5.37. The second-order valence-corrected chi connectivity index (χ2v) is 7.64. The molecule has 0 atom stereocenters. The van der Waals surface area contributed by atoms with Gasteiger partial charge < -0.3 is 15.4 Å². The van der Waals surface area contributed by atoms with Gasteiger partial charge in [0.1, 0.15) is 5.00 Å². The van der Waals surface area contributed by atoms with Crippen molar-refractivity contribution in [1.29, 1.82) is 0 Å². The monoisotopic (exact) mass is 442 g/mol. The summed E-state index contributed by atoms with van der Waals surface area (Å²) in [5.74, 6) is -1.30. The van der Waals surface area contributed by atoms with Crippen LogP contribution in [-0.2, 0) is 9.53 Å². The number of benzene rings is 1. The van der Waals surface area contributed by atoms with Crippen molar-refractivity contribution in [3.63, 3.8) is 0 Å². The topological polar surface area (TPSA) is 84.5 Å². The van der Waals surface area contributed by atoms with Gasteiger partial charge in [0.15, 0.2) is 0 Å². The van der Waals surface area contributed by atoms with Gasteiger partial charge in [-0.2, -0.15) is 0 Å². The summed E-state index contributed by atoms with van der Waals surface area (Å²) in [5.41, 5.74) is 0.950. The Morgan fingerprint density at radius 2 is 1.86 bits per heavy atom. The van der Waals surface area contributed by atoms with Gasteiger partial charge in [-0.1, -0.05) is 36.2 Å². The first kappa shape index (κ1) is 22.2. The Labute approximate surface area is 177 Å². The molecule has 2 N–H and O–H groups in total. The fourth-order valence-electron chi connectivity index (χ4n) is 2.46. The van der Waals surface area contributed by atoms with E-state index in [1.165, 1.54) is 0 Å². The van der Waals surface area contributed by atoms with Gasteiger partial charge in [-0.25, -0.2) is 4.79 Å². The standard InChI is InChI=1S/C19H20Cl2N2O4S/c1-4-7-13(24)23-18-14(19(26)27-5-2)10(3)16(28-18)17(25)22-12-9-6-8-11(20)15(12)21/h6,8-9H,4-5,7H2,1-3H3,(H,22,25)(H,23,24). The number of nitrogens with one attached hydrogen (secondary N) is 2. The Kier molecular flexibility index (Phi) is 7.86. The fourth-order valence-corrected chi connectivity index (χ4v) is 3.92. The molecule has 0 saturated heterocycles. The second-order valence-electron chi connectivity index (χ2n) is 5.83. The van der Waals surface area contributed by atoms with E-state index in [0.717, 1.165) is 11.3 Å². The highest BCUT2D eigenvalue weighted by Crippen LogP contribution is 2.36. The minimum Gasteiger partial charge on any atom is -0.462 e. The van der Waals surface area contributed by atoms with Gasteiger partial charge in [-0.05, 0) is 38.0 Å². The van der Waals surface area contributed by atoms with Crippen LogP contribution in [0.5, 0.6) is 0 Å². The number of rotatable bonds is 7. The molecular formula is C19H20Cl2N2O4S. The van der Waals surface area contributed by atoms with Crippen LogP contribution in [0.4, 0.5) is 10.7 Å². The number of amides is 2. The molecule has 1 heterocycles. The molecule has 0 unspecified atom stereocenters. The maximum absolute atomic E-state index is 12.8. The summed E-state index contributed by atoms with van der Waals surface area (Å²) in [4.78, 5) is 37.5. The van der Waals surface area contributed by atoms with E-state index in [0.29, 0.717) is 29.1 Å². The number of hydrogen-bond acceptors (Lipinski definition) is 5. The smallest absolute Gasteiger partial charge is 0.341 e. The molecule has 0 aliphatic rings. The van der Waals surface area contributed by atoms with E-state index < -0.39 is 11.9 Å². The van der Waals surface area contributed by atoms with E-state index in [-0.39, 0.29) is 33.0 Å². The van der Waals surface area contributed by atoms with Crippen LogP contribution in [0.25, 0.3) is 0 Å². The van der Waals surface area contributed by atoms with E-state index in [2.05, 4.69) is 10.6 Å². The van der Waals surface area contributed by atoms with Crippen molar-refractivity contribution in [3.05, 3.63) is 44.2 Å². The lowest BCUT2D eigenvalue weighted by Gasteiger charge is -2.08. The van der Waals surface area contributed by atoms with Gasteiger partial charge in [0.05, 0.1) is 32.8 Å². The van der Waals surface area contributed by atoms with Crippen LogP contribution in [0.3, 0.4) is 0 Å². The molecular weight excluding hydrogens is 423 g/mol. The molecule has 28 heavy (non-hydrogen) atoms. The predicted octanol–water partition coefficient (Wildman–Crippen LogP) is 5.53. The zero-order chi connectivity index (χ0) is 20.8. The molecule has 6 nitrogen and oxygen atoms in total. The molecule has 1 aromatic heterocycles. The van der Waals surface area contributed by atoms with Crippen molar-refractivity contribution in [2.45, 2.75) is 33.6 Å². The molecule has 0 spiro atoms. The lowest BCUT2D eigenvalue weighted by atomic mass is 10.1. The number of halogens is 2. The molecule has 0 radical (unpaired) electrons. The summed E-state index contributed by atoms with van der Waals surface area (Å²) in [6.07, 6.45) is 0.963. The Morgan fingerprint density at radius 3 is 2.50 bits per heavy atom. The van der Waals surface area contributed by atoms with E-state index in [1.807, 2.05) is 6.92 Å². The zero-order valence-corrected chi connectivity index (χ0v) is 18.0. The third kappa shape index (κ3) is 5.04. The van der Waals surface area contributed by atoms with Gasteiger partial charge >= 0.3 is 5.97 Å². The normalized spacial score (nSPS) is 10.5. The predicted molar refractivity (Wildman–Crippen MR) is 113 cm³/mol. The van der Waals surface area contributed by atoms with Crippen LogP contribution in [-0.4, -0.2) is 24.4 Å². The summed E-state index contributed by atoms with van der Waals surface area (Å²) < 4.78 is 5.08. The molecule has 0 fully saturated rings. The van der Waals surface area contributed by atoms with Crippen molar-refractivity contribution in [1.82, 2.24) is 0 Å². The minimum absolute atomic E-state index is 0.177. The van der Waals surface area contributed by atoms with E-state index >= 15 is 0 Å². The van der Waals surface area contributed by atoms with Crippen molar-refractivity contribution < 1.29 is 19.1 Å². The van der Waals surface area contributed by atoms with Crippen LogP contribution in [0, 0.1) is 6.92 Å². The summed E-state index contributed by atoms with van der Waals surface area (Å²) in [7, 11) is 0. The molecule has 0 aliphatic carbocycles. The summed E-state index contributed by atoms with van der Waals surface area (Å²) >= 11 is 13.1. The van der Waals surface area contributed by atoms with Crippen LogP contribution in [0.2, 0.25) is 10.0 Å². The van der Waals surface area contributed by atoms with Crippen molar-refractivity contribution in [2.75, 3.05) is 17.2 Å². The highest BCUT2D eigenvalue weighted by molar-refractivity contribution is 7.19. The maximum atomic E-state index is 12.8. The molecule has 0 aliphatic heterocycles. The van der Waals surface area contributed by atoms with Gasteiger partial charge in [0.2, 0.25) is 5.91 Å². The van der Waals surface area contributed by atoms with Gasteiger partial charge in [0.25, 0.3) is 5.91 Å². The average molecular weight is 443 g/mol. The largest absolute Gasteiger partial charge is 0.462 e. The molecule has 9 heteroatoms.